The Balaban J connectivity index is 1.42. The zero-order valence-corrected chi connectivity index (χ0v) is 26.4. The van der Waals surface area contributed by atoms with E-state index in [4.69, 9.17) is 25.8 Å². The van der Waals surface area contributed by atoms with Crippen molar-refractivity contribution in [2.24, 2.45) is 11.8 Å². The molecule has 0 aromatic heterocycles. The molecule has 8 heteroatoms. The van der Waals surface area contributed by atoms with Crippen LogP contribution in [-0.4, -0.2) is 45.8 Å². The van der Waals surface area contributed by atoms with Crippen LogP contribution in [-0.2, 0) is 20.7 Å². The minimum atomic E-state index is -0.359. The van der Waals surface area contributed by atoms with Crippen molar-refractivity contribution in [1.29, 1.82) is 0 Å². The number of hydrogen-bond donors (Lipinski definition) is 0. The Labute approximate surface area is 259 Å². The zero-order chi connectivity index (χ0) is 30.7. The van der Waals surface area contributed by atoms with Crippen LogP contribution in [0, 0.1) is 11.8 Å². The standard InChI is InChI=1S/C35H41ClN2O5/c1-22(2)43-32-20-30-26(18-31(32)41-4)19-33(39)38(34(30)24-10-12-27(36)13-11-24)29-16-14-28(15-17-29)37(3)21-23-6-8-25(9-7-23)35(40)42-5/h10-18,20,22-23,25,34H,6-9,19,21H2,1-5H3/t23?,25?,34-/m0/s1. The summed E-state index contributed by atoms with van der Waals surface area (Å²) in [6.45, 7) is 4.88. The fourth-order valence-corrected chi connectivity index (χ4v) is 6.56. The lowest BCUT2D eigenvalue weighted by Gasteiger charge is -2.38. The number of esters is 1. The van der Waals surface area contributed by atoms with Crippen LogP contribution in [0.3, 0.4) is 0 Å². The maximum atomic E-state index is 13.8. The van der Waals surface area contributed by atoms with E-state index in [-0.39, 0.29) is 36.4 Å². The number of methoxy groups -OCH3 is 2. The van der Waals surface area contributed by atoms with Crippen LogP contribution in [0.15, 0.2) is 60.7 Å². The monoisotopic (exact) mass is 604 g/mol. The Kier molecular flexibility index (Phi) is 9.50. The Morgan fingerprint density at radius 1 is 0.977 bits per heavy atom. The third-order valence-corrected chi connectivity index (χ3v) is 8.87. The third kappa shape index (κ3) is 6.77. The van der Waals surface area contributed by atoms with E-state index in [9.17, 15) is 9.59 Å². The van der Waals surface area contributed by atoms with E-state index in [1.165, 1.54) is 7.11 Å². The molecule has 1 saturated carbocycles. The van der Waals surface area contributed by atoms with Gasteiger partial charge in [-0.2, -0.15) is 0 Å². The highest BCUT2D eigenvalue weighted by Crippen LogP contribution is 2.44. The highest BCUT2D eigenvalue weighted by Gasteiger charge is 2.36. The highest BCUT2D eigenvalue weighted by molar-refractivity contribution is 6.30. The summed E-state index contributed by atoms with van der Waals surface area (Å²) in [6, 6.07) is 19.5. The van der Waals surface area contributed by atoms with Gasteiger partial charge in [0.25, 0.3) is 0 Å². The predicted molar refractivity (Wildman–Crippen MR) is 170 cm³/mol. The summed E-state index contributed by atoms with van der Waals surface area (Å²) in [5, 5.41) is 0.641. The Bertz CT molecular complexity index is 1430. The van der Waals surface area contributed by atoms with Gasteiger partial charge in [-0.05, 0) is 111 Å². The fraction of sp³-hybridized carbons (Fsp3) is 0.429. The molecule has 0 bridgehead atoms. The minimum Gasteiger partial charge on any atom is -0.493 e. The molecule has 7 nitrogen and oxygen atoms in total. The molecule has 1 fully saturated rings. The molecule has 5 rings (SSSR count). The van der Waals surface area contributed by atoms with Gasteiger partial charge < -0.3 is 24.0 Å². The maximum Gasteiger partial charge on any atom is 0.308 e. The van der Waals surface area contributed by atoms with Crippen LogP contribution >= 0.6 is 11.6 Å². The number of anilines is 2. The SMILES string of the molecule is COC(=O)C1CCC(CN(C)c2ccc(N3C(=O)Cc4cc(OC)c(OC(C)C)cc4[C@@H]3c3ccc(Cl)cc3)cc2)CC1. The van der Waals surface area contributed by atoms with Crippen LogP contribution in [0.4, 0.5) is 11.4 Å². The number of benzene rings is 3. The van der Waals surface area contributed by atoms with Crippen LogP contribution in [0.25, 0.3) is 0 Å². The van der Waals surface area contributed by atoms with E-state index >= 15 is 0 Å². The molecule has 3 aromatic rings. The van der Waals surface area contributed by atoms with Crippen molar-refractivity contribution >= 4 is 34.9 Å². The van der Waals surface area contributed by atoms with Crippen LogP contribution in [0.2, 0.25) is 5.02 Å². The molecular weight excluding hydrogens is 564 g/mol. The molecular formula is C35H41ClN2O5. The number of ether oxygens (including phenoxy) is 3. The Morgan fingerprint density at radius 2 is 1.65 bits per heavy atom. The molecule has 43 heavy (non-hydrogen) atoms. The first kappa shape index (κ1) is 30.7. The predicted octanol–water partition coefficient (Wildman–Crippen LogP) is 7.23. The maximum absolute atomic E-state index is 13.8. The summed E-state index contributed by atoms with van der Waals surface area (Å²) in [7, 11) is 5.19. The molecule has 3 aromatic carbocycles. The molecule has 2 aliphatic rings. The number of fused-ring (bicyclic) bond motifs is 1. The van der Waals surface area contributed by atoms with Gasteiger partial charge in [0.05, 0.1) is 38.7 Å². The first-order chi connectivity index (χ1) is 20.7. The van der Waals surface area contributed by atoms with Gasteiger partial charge in [0, 0.05) is 30.0 Å². The van der Waals surface area contributed by atoms with Gasteiger partial charge in [0.1, 0.15) is 0 Å². The second-order valence-corrected chi connectivity index (χ2v) is 12.3. The lowest BCUT2D eigenvalue weighted by Crippen LogP contribution is -2.41. The second-order valence-electron chi connectivity index (χ2n) is 11.9. The van der Waals surface area contributed by atoms with E-state index in [0.717, 1.165) is 60.3 Å². The van der Waals surface area contributed by atoms with E-state index in [0.29, 0.717) is 22.4 Å². The van der Waals surface area contributed by atoms with Gasteiger partial charge in [-0.1, -0.05) is 23.7 Å². The van der Waals surface area contributed by atoms with Gasteiger partial charge in [0.15, 0.2) is 11.5 Å². The largest absolute Gasteiger partial charge is 0.493 e. The smallest absolute Gasteiger partial charge is 0.308 e. The molecule has 0 unspecified atom stereocenters. The quantitative estimate of drug-likeness (QED) is 0.240. The summed E-state index contributed by atoms with van der Waals surface area (Å²) < 4.78 is 16.7. The summed E-state index contributed by atoms with van der Waals surface area (Å²) in [5.41, 5.74) is 4.80. The topological polar surface area (TPSA) is 68.3 Å². The van der Waals surface area contributed by atoms with Crippen molar-refractivity contribution in [1.82, 2.24) is 0 Å². The Hall–Kier alpha value is -3.71. The summed E-state index contributed by atoms with van der Waals surface area (Å²) in [5.74, 6) is 1.75. The van der Waals surface area contributed by atoms with E-state index in [2.05, 4.69) is 24.1 Å². The van der Waals surface area contributed by atoms with Crippen molar-refractivity contribution in [3.63, 3.8) is 0 Å². The number of rotatable bonds is 9. The van der Waals surface area contributed by atoms with Gasteiger partial charge in [-0.15, -0.1) is 0 Å². The lowest BCUT2D eigenvalue weighted by atomic mass is 9.82. The number of halogens is 1. The van der Waals surface area contributed by atoms with Crippen molar-refractivity contribution in [2.75, 3.05) is 37.6 Å². The molecule has 228 valence electrons. The number of hydrogen-bond acceptors (Lipinski definition) is 6. The molecule has 1 aliphatic heterocycles. The molecule has 1 atom stereocenters. The molecule has 1 heterocycles. The van der Waals surface area contributed by atoms with E-state index in [1.54, 1.807) is 7.11 Å². The van der Waals surface area contributed by atoms with Crippen molar-refractivity contribution in [2.45, 2.75) is 58.1 Å². The van der Waals surface area contributed by atoms with Crippen LogP contribution in [0.5, 0.6) is 11.5 Å². The normalized spacial score (nSPS) is 20.0. The number of nitrogens with zero attached hydrogens (tertiary/aromatic N) is 2. The van der Waals surface area contributed by atoms with Gasteiger partial charge >= 0.3 is 5.97 Å². The average molecular weight is 605 g/mol. The highest BCUT2D eigenvalue weighted by atomic mass is 35.5. The zero-order valence-electron chi connectivity index (χ0n) is 25.6. The molecule has 0 saturated heterocycles. The number of amides is 1. The first-order valence-electron chi connectivity index (χ1n) is 15.0. The van der Waals surface area contributed by atoms with E-state index < -0.39 is 0 Å². The van der Waals surface area contributed by atoms with Crippen molar-refractivity contribution < 1.29 is 23.8 Å². The molecule has 1 amide bonds. The third-order valence-electron chi connectivity index (χ3n) is 8.62. The van der Waals surface area contributed by atoms with Crippen LogP contribution in [0.1, 0.15) is 62.3 Å². The molecule has 1 aliphatic carbocycles. The van der Waals surface area contributed by atoms with E-state index in [1.807, 2.05) is 67.3 Å². The number of carbonyl (C=O) groups excluding carboxylic acids is 2. The van der Waals surface area contributed by atoms with Crippen molar-refractivity contribution in [3.8, 4) is 11.5 Å². The fourth-order valence-electron chi connectivity index (χ4n) is 6.44. The number of carbonyl (C=O) groups is 2. The van der Waals surface area contributed by atoms with Gasteiger partial charge in [-0.3, -0.25) is 9.59 Å². The second kappa shape index (κ2) is 13.3. The average Bonchev–Trinajstić information content (AvgIpc) is 3.00. The summed E-state index contributed by atoms with van der Waals surface area (Å²) in [4.78, 5) is 29.9. The van der Waals surface area contributed by atoms with Gasteiger partial charge in [-0.25, -0.2) is 0 Å². The summed E-state index contributed by atoms with van der Waals surface area (Å²) >= 11 is 6.26. The lowest BCUT2D eigenvalue weighted by molar-refractivity contribution is -0.146. The van der Waals surface area contributed by atoms with Crippen molar-refractivity contribution in [3.05, 3.63) is 82.4 Å². The molecule has 0 spiro atoms. The first-order valence-corrected chi connectivity index (χ1v) is 15.4. The Morgan fingerprint density at radius 3 is 2.26 bits per heavy atom. The summed E-state index contributed by atoms with van der Waals surface area (Å²) in [6.07, 6.45) is 4.01. The van der Waals surface area contributed by atoms with Gasteiger partial charge in [0.2, 0.25) is 5.91 Å². The molecule has 0 N–H and O–H groups in total. The van der Waals surface area contributed by atoms with Crippen LogP contribution < -0.4 is 19.3 Å². The molecule has 0 radical (unpaired) electrons. The minimum absolute atomic E-state index is 0.00972.